The summed E-state index contributed by atoms with van der Waals surface area (Å²) in [5, 5.41) is 3.22. The van der Waals surface area contributed by atoms with E-state index >= 15 is 0 Å². The van der Waals surface area contributed by atoms with Crippen LogP contribution in [0.1, 0.15) is 34.3 Å². The van der Waals surface area contributed by atoms with Gasteiger partial charge in [-0.15, -0.1) is 12.4 Å². The highest BCUT2D eigenvalue weighted by molar-refractivity contribution is 5.95. The summed E-state index contributed by atoms with van der Waals surface area (Å²) < 4.78 is 0. The zero-order chi connectivity index (χ0) is 13.8. The van der Waals surface area contributed by atoms with Crippen molar-refractivity contribution in [3.8, 4) is 0 Å². The summed E-state index contributed by atoms with van der Waals surface area (Å²) in [5.41, 5.74) is 3.15. The molecule has 0 spiro atoms. The lowest BCUT2D eigenvalue weighted by Crippen LogP contribution is -2.42. The molecule has 0 saturated carbocycles. The van der Waals surface area contributed by atoms with Gasteiger partial charge in [0.25, 0.3) is 5.91 Å². The van der Waals surface area contributed by atoms with Gasteiger partial charge in [0, 0.05) is 18.7 Å². The molecule has 20 heavy (non-hydrogen) atoms. The zero-order valence-electron chi connectivity index (χ0n) is 12.6. The number of aryl methyl sites for hydroxylation is 2. The van der Waals surface area contributed by atoms with Gasteiger partial charge in [0.05, 0.1) is 0 Å². The van der Waals surface area contributed by atoms with Crippen LogP contribution in [0, 0.1) is 19.8 Å². The van der Waals surface area contributed by atoms with Crippen LogP contribution in [-0.4, -0.2) is 37.5 Å². The Kier molecular flexibility index (Phi) is 6.50. The van der Waals surface area contributed by atoms with Gasteiger partial charge in [-0.2, -0.15) is 0 Å². The summed E-state index contributed by atoms with van der Waals surface area (Å²) in [4.78, 5) is 14.6. The minimum atomic E-state index is 0. The Hall–Kier alpha value is -1.06. The molecule has 1 aliphatic rings. The van der Waals surface area contributed by atoms with Crippen molar-refractivity contribution in [1.82, 2.24) is 10.2 Å². The van der Waals surface area contributed by atoms with Crippen LogP contribution in [0.4, 0.5) is 0 Å². The summed E-state index contributed by atoms with van der Waals surface area (Å²) in [5.74, 6) is 0.784. The van der Waals surface area contributed by atoms with Gasteiger partial charge in [-0.05, 0) is 57.8 Å². The molecule has 0 radical (unpaired) electrons. The molecule has 0 aliphatic carbocycles. The van der Waals surface area contributed by atoms with E-state index in [-0.39, 0.29) is 18.3 Å². The minimum Gasteiger partial charge on any atom is -0.338 e. The topological polar surface area (TPSA) is 32.3 Å². The Morgan fingerprint density at radius 3 is 2.80 bits per heavy atom. The summed E-state index contributed by atoms with van der Waals surface area (Å²) in [6, 6.07) is 6.08. The van der Waals surface area contributed by atoms with Crippen molar-refractivity contribution >= 4 is 18.3 Å². The number of likely N-dealkylation sites (tertiary alicyclic amines) is 1. The van der Waals surface area contributed by atoms with Gasteiger partial charge >= 0.3 is 0 Å². The van der Waals surface area contributed by atoms with Crippen molar-refractivity contribution in [2.75, 3.05) is 26.7 Å². The molecule has 4 heteroatoms. The van der Waals surface area contributed by atoms with Crippen LogP contribution >= 0.6 is 12.4 Å². The van der Waals surface area contributed by atoms with Crippen LogP contribution in [-0.2, 0) is 0 Å². The molecule has 1 unspecified atom stereocenters. The molecule has 1 N–H and O–H groups in total. The van der Waals surface area contributed by atoms with Gasteiger partial charge in [0.2, 0.25) is 0 Å². The number of hydrogen-bond donors (Lipinski definition) is 1. The van der Waals surface area contributed by atoms with Gasteiger partial charge in [-0.3, -0.25) is 4.79 Å². The Labute approximate surface area is 128 Å². The van der Waals surface area contributed by atoms with Crippen LogP contribution in [0.25, 0.3) is 0 Å². The molecule has 1 aromatic carbocycles. The molecule has 1 aromatic rings. The quantitative estimate of drug-likeness (QED) is 0.930. The molecule has 2 rings (SSSR count). The highest BCUT2D eigenvalue weighted by atomic mass is 35.5. The third kappa shape index (κ3) is 3.97. The first-order chi connectivity index (χ1) is 9.11. The van der Waals surface area contributed by atoms with E-state index in [1.54, 1.807) is 0 Å². The maximum Gasteiger partial charge on any atom is 0.254 e. The number of carbonyl (C=O) groups is 1. The summed E-state index contributed by atoms with van der Waals surface area (Å²) in [6.45, 7) is 6.86. The fraction of sp³-hybridized carbons (Fsp3) is 0.562. The Morgan fingerprint density at radius 1 is 1.40 bits per heavy atom. The fourth-order valence-corrected chi connectivity index (χ4v) is 2.93. The Bertz CT molecular complexity index is 460. The second kappa shape index (κ2) is 7.65. The first-order valence-corrected chi connectivity index (χ1v) is 7.13. The first-order valence-electron chi connectivity index (χ1n) is 7.13. The van der Waals surface area contributed by atoms with Gasteiger partial charge in [0.15, 0.2) is 0 Å². The standard InChI is InChI=1S/C16H24N2O.ClH/c1-12-6-7-15(13(2)9-12)16(19)18-8-4-5-14(11-18)10-17-3;/h6-7,9,14,17H,4-5,8,10-11H2,1-3H3;1H. The third-order valence-corrected chi connectivity index (χ3v) is 3.91. The largest absolute Gasteiger partial charge is 0.338 e. The SMILES string of the molecule is CNCC1CCCN(C(=O)c2ccc(C)cc2C)C1.Cl. The first kappa shape index (κ1) is 17.0. The fourth-order valence-electron chi connectivity index (χ4n) is 2.93. The molecule has 1 atom stereocenters. The molecule has 1 heterocycles. The van der Waals surface area contributed by atoms with Crippen LogP contribution in [0.15, 0.2) is 18.2 Å². The maximum absolute atomic E-state index is 12.6. The van der Waals surface area contributed by atoms with E-state index < -0.39 is 0 Å². The summed E-state index contributed by atoms with van der Waals surface area (Å²) in [7, 11) is 1.98. The molecule has 0 bridgehead atoms. The van der Waals surface area contributed by atoms with Crippen molar-refractivity contribution in [3.63, 3.8) is 0 Å². The van der Waals surface area contributed by atoms with Crippen molar-refractivity contribution < 1.29 is 4.79 Å². The van der Waals surface area contributed by atoms with Crippen LogP contribution in [0.5, 0.6) is 0 Å². The van der Waals surface area contributed by atoms with Crippen molar-refractivity contribution in [1.29, 1.82) is 0 Å². The van der Waals surface area contributed by atoms with E-state index in [1.807, 2.05) is 31.0 Å². The summed E-state index contributed by atoms with van der Waals surface area (Å²) >= 11 is 0. The van der Waals surface area contributed by atoms with Crippen molar-refractivity contribution in [3.05, 3.63) is 34.9 Å². The van der Waals surface area contributed by atoms with E-state index in [1.165, 1.54) is 12.0 Å². The van der Waals surface area contributed by atoms with Gasteiger partial charge in [0.1, 0.15) is 0 Å². The molecular weight excluding hydrogens is 272 g/mol. The molecule has 1 amide bonds. The monoisotopic (exact) mass is 296 g/mol. The van der Waals surface area contributed by atoms with Crippen LogP contribution < -0.4 is 5.32 Å². The lowest BCUT2D eigenvalue weighted by Gasteiger charge is -2.33. The van der Waals surface area contributed by atoms with E-state index in [9.17, 15) is 4.79 Å². The van der Waals surface area contributed by atoms with Gasteiger partial charge in [-0.25, -0.2) is 0 Å². The van der Waals surface area contributed by atoms with E-state index in [2.05, 4.69) is 18.3 Å². The average molecular weight is 297 g/mol. The van der Waals surface area contributed by atoms with Crippen LogP contribution in [0.3, 0.4) is 0 Å². The summed E-state index contributed by atoms with van der Waals surface area (Å²) in [6.07, 6.45) is 2.33. The number of hydrogen-bond acceptors (Lipinski definition) is 2. The highest BCUT2D eigenvalue weighted by Gasteiger charge is 2.24. The van der Waals surface area contributed by atoms with Crippen molar-refractivity contribution in [2.45, 2.75) is 26.7 Å². The van der Waals surface area contributed by atoms with Gasteiger partial charge < -0.3 is 10.2 Å². The molecule has 3 nitrogen and oxygen atoms in total. The maximum atomic E-state index is 12.6. The third-order valence-electron chi connectivity index (χ3n) is 3.91. The smallest absolute Gasteiger partial charge is 0.254 e. The predicted molar refractivity (Wildman–Crippen MR) is 85.7 cm³/mol. The average Bonchev–Trinajstić information content (AvgIpc) is 2.39. The zero-order valence-corrected chi connectivity index (χ0v) is 13.4. The number of halogens is 1. The minimum absolute atomic E-state index is 0. The number of nitrogens with one attached hydrogen (secondary N) is 1. The van der Waals surface area contributed by atoms with Crippen molar-refractivity contribution in [2.24, 2.45) is 5.92 Å². The van der Waals surface area contributed by atoms with E-state index in [0.29, 0.717) is 5.92 Å². The van der Waals surface area contributed by atoms with Crippen LogP contribution in [0.2, 0.25) is 0 Å². The number of amides is 1. The number of benzene rings is 1. The normalized spacial score (nSPS) is 18.6. The molecule has 1 fully saturated rings. The molecular formula is C16H25ClN2O. The molecule has 1 saturated heterocycles. The second-order valence-electron chi connectivity index (χ2n) is 5.64. The molecule has 0 aromatic heterocycles. The molecule has 1 aliphatic heterocycles. The lowest BCUT2D eigenvalue weighted by molar-refractivity contribution is 0.0673. The number of nitrogens with zero attached hydrogens (tertiary/aromatic N) is 1. The number of carbonyl (C=O) groups excluding carboxylic acids is 1. The molecule has 112 valence electrons. The lowest BCUT2D eigenvalue weighted by atomic mass is 9.96. The Balaban J connectivity index is 0.00000200. The Morgan fingerprint density at radius 2 is 2.15 bits per heavy atom. The van der Waals surface area contributed by atoms with Gasteiger partial charge in [-0.1, -0.05) is 17.7 Å². The van der Waals surface area contributed by atoms with E-state index in [0.717, 1.165) is 37.2 Å². The van der Waals surface area contributed by atoms with E-state index in [4.69, 9.17) is 0 Å². The highest BCUT2D eigenvalue weighted by Crippen LogP contribution is 2.20. The number of rotatable bonds is 3. The second-order valence-corrected chi connectivity index (χ2v) is 5.64. The predicted octanol–water partition coefficient (Wildman–Crippen LogP) is 2.80. The number of piperidine rings is 1.